The van der Waals surface area contributed by atoms with E-state index in [1.54, 1.807) is 0 Å². The molecule has 0 fully saturated rings. The van der Waals surface area contributed by atoms with Crippen molar-refractivity contribution < 1.29 is 4.52 Å². The fraction of sp³-hybridized carbons (Fsp3) is 0.667. The van der Waals surface area contributed by atoms with Gasteiger partial charge in [0.1, 0.15) is 0 Å². The lowest BCUT2D eigenvalue weighted by atomic mass is 10.5. The molecule has 1 aromatic rings. The minimum Gasteiger partial charge on any atom is -0.338 e. The Hall–Kier alpha value is -0.900. The highest BCUT2D eigenvalue weighted by Gasteiger charge is 1.94. The van der Waals surface area contributed by atoms with Crippen molar-refractivity contribution in [2.75, 3.05) is 6.54 Å². The van der Waals surface area contributed by atoms with Crippen molar-refractivity contribution in [2.45, 2.75) is 19.9 Å². The van der Waals surface area contributed by atoms with Gasteiger partial charge in [0, 0.05) is 0 Å². The molecular formula is C6H11N3O. The van der Waals surface area contributed by atoms with E-state index < -0.39 is 0 Å². The average molecular weight is 141 g/mol. The van der Waals surface area contributed by atoms with E-state index in [0.717, 1.165) is 13.0 Å². The molecular weight excluding hydrogens is 130 g/mol. The molecule has 4 nitrogen and oxygen atoms in total. The first-order valence-electron chi connectivity index (χ1n) is 3.39. The first kappa shape index (κ1) is 7.21. The Morgan fingerprint density at radius 1 is 1.70 bits per heavy atom. The highest BCUT2D eigenvalue weighted by Crippen LogP contribution is 1.88. The fourth-order valence-electron chi connectivity index (χ4n) is 0.646. The Labute approximate surface area is 59.6 Å². The van der Waals surface area contributed by atoms with E-state index in [4.69, 9.17) is 4.52 Å². The van der Waals surface area contributed by atoms with Crippen LogP contribution >= 0.6 is 0 Å². The van der Waals surface area contributed by atoms with Crippen molar-refractivity contribution in [3.63, 3.8) is 0 Å². The van der Waals surface area contributed by atoms with E-state index in [-0.39, 0.29) is 0 Å². The van der Waals surface area contributed by atoms with Gasteiger partial charge in [0.15, 0.2) is 6.33 Å². The molecule has 0 aliphatic heterocycles. The summed E-state index contributed by atoms with van der Waals surface area (Å²) in [5.41, 5.74) is 0. The van der Waals surface area contributed by atoms with Crippen molar-refractivity contribution in [3.8, 4) is 0 Å². The van der Waals surface area contributed by atoms with Gasteiger partial charge in [-0.2, -0.15) is 4.98 Å². The van der Waals surface area contributed by atoms with Gasteiger partial charge in [-0.25, -0.2) is 0 Å². The monoisotopic (exact) mass is 141 g/mol. The van der Waals surface area contributed by atoms with Crippen LogP contribution in [0.5, 0.6) is 0 Å². The van der Waals surface area contributed by atoms with Gasteiger partial charge in [0.2, 0.25) is 5.89 Å². The van der Waals surface area contributed by atoms with E-state index in [1.165, 1.54) is 6.33 Å². The molecule has 1 rings (SSSR count). The minimum absolute atomic E-state index is 0.647. The van der Waals surface area contributed by atoms with Crippen LogP contribution in [0.3, 0.4) is 0 Å². The highest BCUT2D eigenvalue weighted by molar-refractivity contribution is 4.71. The lowest BCUT2D eigenvalue weighted by Gasteiger charge is -1.95. The minimum atomic E-state index is 0.647. The predicted molar refractivity (Wildman–Crippen MR) is 36.3 cm³/mol. The standard InChI is InChI=1S/C6H11N3O/c1-2-3-7-4-6-8-5-9-10-6/h5,7H,2-4H2,1H3. The number of aromatic nitrogens is 2. The van der Waals surface area contributed by atoms with Crippen molar-refractivity contribution >= 4 is 0 Å². The molecule has 0 aliphatic carbocycles. The summed E-state index contributed by atoms with van der Waals surface area (Å²) in [6.07, 6.45) is 2.52. The second-order valence-corrected chi connectivity index (χ2v) is 2.01. The van der Waals surface area contributed by atoms with Crippen LogP contribution in [0.1, 0.15) is 19.2 Å². The van der Waals surface area contributed by atoms with Gasteiger partial charge in [-0.1, -0.05) is 12.1 Å². The molecule has 1 heterocycles. The van der Waals surface area contributed by atoms with E-state index in [9.17, 15) is 0 Å². The second-order valence-electron chi connectivity index (χ2n) is 2.01. The molecule has 0 saturated heterocycles. The van der Waals surface area contributed by atoms with Gasteiger partial charge in [-0.05, 0) is 13.0 Å². The van der Waals surface area contributed by atoms with Crippen LogP contribution in [-0.2, 0) is 6.54 Å². The predicted octanol–water partition coefficient (Wildman–Crippen LogP) is 0.569. The Morgan fingerprint density at radius 3 is 3.20 bits per heavy atom. The van der Waals surface area contributed by atoms with Crippen LogP contribution in [0.2, 0.25) is 0 Å². The van der Waals surface area contributed by atoms with Crippen LogP contribution in [0.4, 0.5) is 0 Å². The molecule has 0 aliphatic rings. The van der Waals surface area contributed by atoms with Gasteiger partial charge in [-0.15, -0.1) is 0 Å². The third-order valence-electron chi connectivity index (χ3n) is 1.11. The molecule has 56 valence electrons. The molecule has 0 spiro atoms. The normalized spacial score (nSPS) is 10.1. The first-order valence-corrected chi connectivity index (χ1v) is 3.39. The largest absolute Gasteiger partial charge is 0.338 e. The maximum atomic E-state index is 4.76. The number of nitrogens with zero attached hydrogens (tertiary/aromatic N) is 2. The smallest absolute Gasteiger partial charge is 0.240 e. The van der Waals surface area contributed by atoms with Crippen molar-refractivity contribution in [1.29, 1.82) is 0 Å². The van der Waals surface area contributed by atoms with Gasteiger partial charge in [0.05, 0.1) is 6.54 Å². The van der Waals surface area contributed by atoms with Gasteiger partial charge >= 0.3 is 0 Å². The third kappa shape index (κ3) is 2.14. The molecule has 0 radical (unpaired) electrons. The Morgan fingerprint density at radius 2 is 2.60 bits per heavy atom. The topological polar surface area (TPSA) is 51.0 Å². The molecule has 0 atom stereocenters. The van der Waals surface area contributed by atoms with Gasteiger partial charge in [0.25, 0.3) is 0 Å². The molecule has 0 unspecified atom stereocenters. The molecule has 1 aromatic heterocycles. The van der Waals surface area contributed by atoms with E-state index >= 15 is 0 Å². The van der Waals surface area contributed by atoms with E-state index in [1.807, 2.05) is 0 Å². The number of hydrogen-bond acceptors (Lipinski definition) is 4. The summed E-state index contributed by atoms with van der Waals surface area (Å²) >= 11 is 0. The van der Waals surface area contributed by atoms with Crippen molar-refractivity contribution in [3.05, 3.63) is 12.2 Å². The maximum Gasteiger partial charge on any atom is 0.240 e. The Kier molecular flexibility index (Phi) is 2.89. The highest BCUT2D eigenvalue weighted by atomic mass is 16.5. The lowest BCUT2D eigenvalue weighted by Crippen LogP contribution is -2.13. The summed E-state index contributed by atoms with van der Waals surface area (Å²) in [5.74, 6) is 0.647. The lowest BCUT2D eigenvalue weighted by molar-refractivity contribution is 0.367. The third-order valence-corrected chi connectivity index (χ3v) is 1.11. The van der Waals surface area contributed by atoms with Crippen LogP contribution in [0.25, 0.3) is 0 Å². The summed E-state index contributed by atoms with van der Waals surface area (Å²) < 4.78 is 4.76. The molecule has 0 aromatic carbocycles. The van der Waals surface area contributed by atoms with Crippen LogP contribution in [-0.4, -0.2) is 16.7 Å². The molecule has 0 saturated carbocycles. The van der Waals surface area contributed by atoms with Crippen molar-refractivity contribution in [1.82, 2.24) is 15.5 Å². The van der Waals surface area contributed by atoms with Crippen LogP contribution < -0.4 is 5.32 Å². The summed E-state index contributed by atoms with van der Waals surface area (Å²) in [6.45, 7) is 3.77. The molecule has 1 N–H and O–H groups in total. The summed E-state index contributed by atoms with van der Waals surface area (Å²) in [5, 5.41) is 6.62. The van der Waals surface area contributed by atoms with Crippen LogP contribution in [0, 0.1) is 0 Å². The number of rotatable bonds is 4. The van der Waals surface area contributed by atoms with E-state index in [0.29, 0.717) is 12.4 Å². The van der Waals surface area contributed by atoms with Crippen LogP contribution in [0.15, 0.2) is 10.9 Å². The molecule has 0 amide bonds. The molecule has 4 heteroatoms. The van der Waals surface area contributed by atoms with E-state index in [2.05, 4.69) is 22.4 Å². The Balaban J connectivity index is 2.15. The summed E-state index contributed by atoms with van der Waals surface area (Å²) in [6, 6.07) is 0. The zero-order valence-electron chi connectivity index (χ0n) is 6.00. The number of nitrogens with one attached hydrogen (secondary N) is 1. The average Bonchev–Trinajstić information content (AvgIpc) is 2.41. The zero-order valence-corrected chi connectivity index (χ0v) is 6.00. The molecule has 10 heavy (non-hydrogen) atoms. The quantitative estimate of drug-likeness (QED) is 0.623. The van der Waals surface area contributed by atoms with Crippen molar-refractivity contribution in [2.24, 2.45) is 0 Å². The summed E-state index contributed by atoms with van der Waals surface area (Å²) in [7, 11) is 0. The second kappa shape index (κ2) is 4.00. The Bertz CT molecular complexity index is 162. The van der Waals surface area contributed by atoms with Gasteiger partial charge in [-0.3, -0.25) is 0 Å². The summed E-state index contributed by atoms with van der Waals surface area (Å²) in [4.78, 5) is 3.85. The molecule has 0 bridgehead atoms. The fourth-order valence-corrected chi connectivity index (χ4v) is 0.646. The zero-order chi connectivity index (χ0) is 7.23. The van der Waals surface area contributed by atoms with Gasteiger partial charge < -0.3 is 9.84 Å². The first-order chi connectivity index (χ1) is 4.93. The SMILES string of the molecule is CCCNCc1ncno1. The number of hydrogen-bond donors (Lipinski definition) is 1. The maximum absolute atomic E-state index is 4.76.